The van der Waals surface area contributed by atoms with Crippen LogP contribution in [0.15, 0.2) is 42.7 Å². The largest absolute Gasteiger partial charge is 0.328 e. The molecule has 0 saturated heterocycles. The lowest BCUT2D eigenvalue weighted by atomic mass is 10.1. The number of fused-ring (bicyclic) bond motifs is 3. The highest BCUT2D eigenvalue weighted by atomic mass is 16.2. The van der Waals surface area contributed by atoms with Gasteiger partial charge in [-0.25, -0.2) is 14.2 Å². The molecule has 0 N–H and O–H groups in total. The molecule has 5 rings (SSSR count). The van der Waals surface area contributed by atoms with E-state index in [0.717, 1.165) is 39.5 Å². The van der Waals surface area contributed by atoms with E-state index in [2.05, 4.69) is 18.9 Å². The Hall–Kier alpha value is -3.48. The molecule has 1 aliphatic rings. The zero-order valence-corrected chi connectivity index (χ0v) is 16.0. The topological polar surface area (TPSA) is 68.3 Å². The predicted octanol–water partition coefficient (Wildman–Crippen LogP) is 3.00. The number of benzene rings is 1. The maximum Gasteiger partial charge on any atom is 0.256 e. The summed E-state index contributed by atoms with van der Waals surface area (Å²) in [6, 6.07) is 9.39. The molecule has 3 aromatic heterocycles. The van der Waals surface area contributed by atoms with E-state index < -0.39 is 0 Å². The van der Waals surface area contributed by atoms with E-state index in [1.54, 1.807) is 10.9 Å². The van der Waals surface area contributed by atoms with Crippen molar-refractivity contribution in [2.24, 2.45) is 0 Å². The first kappa shape index (κ1) is 16.7. The van der Waals surface area contributed by atoms with Gasteiger partial charge in [-0.15, -0.1) is 0 Å². The number of carbonyl (C=O) groups excluding carboxylic acids is 1. The molecule has 0 radical (unpaired) electrons. The summed E-state index contributed by atoms with van der Waals surface area (Å²) in [5, 5.41) is 9.01. The first-order chi connectivity index (χ1) is 13.5. The zero-order chi connectivity index (χ0) is 19.4. The summed E-state index contributed by atoms with van der Waals surface area (Å²) in [5.41, 5.74) is 7.46. The van der Waals surface area contributed by atoms with Gasteiger partial charge in [0.1, 0.15) is 0 Å². The molecule has 0 saturated carbocycles. The van der Waals surface area contributed by atoms with Gasteiger partial charge in [0.05, 0.1) is 30.0 Å². The number of rotatable bonds is 2. The van der Waals surface area contributed by atoms with Crippen molar-refractivity contribution >= 4 is 11.6 Å². The maximum absolute atomic E-state index is 13.3. The highest BCUT2D eigenvalue weighted by Gasteiger charge is 2.31. The second-order valence-electron chi connectivity index (χ2n) is 7.20. The summed E-state index contributed by atoms with van der Waals surface area (Å²) in [5.74, 6) is -0.0252. The summed E-state index contributed by atoms with van der Waals surface area (Å²) in [6.45, 7) is 7.14. The fraction of sp³-hybridized carbons (Fsp3) is 0.238. The molecule has 28 heavy (non-hydrogen) atoms. The summed E-state index contributed by atoms with van der Waals surface area (Å²) in [7, 11) is 0. The monoisotopic (exact) mass is 372 g/mol. The average molecular weight is 372 g/mol. The zero-order valence-electron chi connectivity index (χ0n) is 16.0. The molecule has 4 aromatic rings. The van der Waals surface area contributed by atoms with Crippen molar-refractivity contribution in [3.8, 4) is 5.69 Å². The summed E-state index contributed by atoms with van der Waals surface area (Å²) in [4.78, 5) is 19.8. The second-order valence-corrected chi connectivity index (χ2v) is 7.20. The summed E-state index contributed by atoms with van der Waals surface area (Å²) >= 11 is 0. The number of nitrogens with zero attached hydrogens (tertiary/aromatic N) is 6. The van der Waals surface area contributed by atoms with E-state index >= 15 is 0 Å². The number of aromatic nitrogens is 5. The van der Waals surface area contributed by atoms with Gasteiger partial charge in [-0.05, 0) is 44.5 Å². The van der Waals surface area contributed by atoms with E-state index in [-0.39, 0.29) is 5.91 Å². The normalized spacial score (nSPS) is 13.3. The first-order valence-electron chi connectivity index (χ1n) is 9.27. The Labute approximate surface area is 162 Å². The Morgan fingerprint density at radius 1 is 1.07 bits per heavy atom. The van der Waals surface area contributed by atoms with Crippen LogP contribution in [0.3, 0.4) is 0 Å². The molecule has 0 aliphatic carbocycles. The van der Waals surface area contributed by atoms with Crippen molar-refractivity contribution in [2.45, 2.75) is 33.9 Å². The van der Waals surface area contributed by atoms with Crippen molar-refractivity contribution in [3.63, 3.8) is 0 Å². The van der Waals surface area contributed by atoms with Gasteiger partial charge in [-0.1, -0.05) is 12.1 Å². The van der Waals surface area contributed by atoms with E-state index in [1.165, 1.54) is 0 Å². The molecule has 1 amide bonds. The van der Waals surface area contributed by atoms with Gasteiger partial charge >= 0.3 is 0 Å². The standard InChI is InChI=1S/C21H20N6O/c1-13-14(2)23-20-17-11-25(12-18(17)24-27(20)15(13)3)21(28)16-7-4-5-8-19(16)26-10-6-9-22-26/h4-10H,11-12H2,1-3H3. The van der Waals surface area contributed by atoms with Gasteiger partial charge in [0, 0.05) is 29.3 Å². The molecule has 140 valence electrons. The Balaban J connectivity index is 1.52. The van der Waals surface area contributed by atoms with Crippen molar-refractivity contribution in [3.05, 3.63) is 76.5 Å². The highest BCUT2D eigenvalue weighted by molar-refractivity contribution is 5.98. The van der Waals surface area contributed by atoms with Crippen LogP contribution in [0.2, 0.25) is 0 Å². The molecule has 0 unspecified atom stereocenters. The molecule has 0 fully saturated rings. The third-order valence-electron chi connectivity index (χ3n) is 5.58. The van der Waals surface area contributed by atoms with Crippen LogP contribution in [-0.4, -0.2) is 35.2 Å². The fourth-order valence-electron chi connectivity index (χ4n) is 3.79. The second kappa shape index (κ2) is 6.02. The van der Waals surface area contributed by atoms with E-state index in [1.807, 2.05) is 52.9 Å². The van der Waals surface area contributed by atoms with Gasteiger partial charge in [0.25, 0.3) is 5.91 Å². The molecule has 0 bridgehead atoms. The SMILES string of the molecule is Cc1nc2c3c(nn2c(C)c1C)CN(C(=O)c1ccccc1-n1cccn1)C3. The quantitative estimate of drug-likeness (QED) is 0.542. The van der Waals surface area contributed by atoms with Crippen molar-refractivity contribution in [1.29, 1.82) is 0 Å². The molecule has 1 aliphatic heterocycles. The minimum atomic E-state index is -0.0252. The summed E-state index contributed by atoms with van der Waals surface area (Å²) < 4.78 is 3.63. The Morgan fingerprint density at radius 3 is 2.68 bits per heavy atom. The van der Waals surface area contributed by atoms with Gasteiger partial charge in [-0.2, -0.15) is 10.2 Å². The van der Waals surface area contributed by atoms with Crippen LogP contribution in [0.5, 0.6) is 0 Å². The lowest BCUT2D eigenvalue weighted by Crippen LogP contribution is -2.27. The average Bonchev–Trinajstić information content (AvgIpc) is 3.43. The molecule has 7 nitrogen and oxygen atoms in total. The fourth-order valence-corrected chi connectivity index (χ4v) is 3.79. The summed E-state index contributed by atoms with van der Waals surface area (Å²) in [6.07, 6.45) is 3.55. The van der Waals surface area contributed by atoms with Crippen LogP contribution in [-0.2, 0) is 13.1 Å². The van der Waals surface area contributed by atoms with Crippen LogP contribution in [0.25, 0.3) is 11.3 Å². The minimum absolute atomic E-state index is 0.0252. The molecule has 7 heteroatoms. The van der Waals surface area contributed by atoms with Crippen molar-refractivity contribution in [1.82, 2.24) is 29.3 Å². The molecular formula is C21H20N6O. The van der Waals surface area contributed by atoms with E-state index in [4.69, 9.17) is 10.1 Å². The van der Waals surface area contributed by atoms with Gasteiger partial charge in [0.2, 0.25) is 0 Å². The van der Waals surface area contributed by atoms with Gasteiger partial charge in [-0.3, -0.25) is 4.79 Å². The van der Waals surface area contributed by atoms with Crippen molar-refractivity contribution in [2.75, 3.05) is 0 Å². The molecule has 0 spiro atoms. The smallest absolute Gasteiger partial charge is 0.256 e. The van der Waals surface area contributed by atoms with E-state index in [0.29, 0.717) is 18.7 Å². The highest BCUT2D eigenvalue weighted by Crippen LogP contribution is 2.29. The number of aryl methyl sites for hydroxylation is 2. The molecule has 0 atom stereocenters. The van der Waals surface area contributed by atoms with Crippen LogP contribution < -0.4 is 0 Å². The van der Waals surface area contributed by atoms with Gasteiger partial charge in [0.15, 0.2) is 5.65 Å². The lowest BCUT2D eigenvalue weighted by Gasteiger charge is -2.18. The van der Waals surface area contributed by atoms with E-state index in [9.17, 15) is 4.79 Å². The molecule has 4 heterocycles. The molecular weight excluding hydrogens is 352 g/mol. The van der Waals surface area contributed by atoms with Gasteiger partial charge < -0.3 is 4.90 Å². The van der Waals surface area contributed by atoms with Crippen LogP contribution in [0, 0.1) is 20.8 Å². The Morgan fingerprint density at radius 2 is 1.89 bits per heavy atom. The van der Waals surface area contributed by atoms with Crippen molar-refractivity contribution < 1.29 is 4.79 Å². The number of hydrogen-bond acceptors (Lipinski definition) is 4. The third kappa shape index (κ3) is 2.36. The minimum Gasteiger partial charge on any atom is -0.328 e. The number of para-hydroxylation sites is 1. The number of carbonyl (C=O) groups is 1. The third-order valence-corrected chi connectivity index (χ3v) is 5.58. The first-order valence-corrected chi connectivity index (χ1v) is 9.27. The number of amides is 1. The lowest BCUT2D eigenvalue weighted by molar-refractivity contribution is 0.0749. The maximum atomic E-state index is 13.3. The van der Waals surface area contributed by atoms with Crippen LogP contribution in [0.4, 0.5) is 0 Å². The molecule has 1 aromatic carbocycles. The van der Waals surface area contributed by atoms with Crippen LogP contribution >= 0.6 is 0 Å². The number of hydrogen-bond donors (Lipinski definition) is 0. The van der Waals surface area contributed by atoms with Crippen LogP contribution in [0.1, 0.15) is 38.6 Å². The predicted molar refractivity (Wildman–Crippen MR) is 104 cm³/mol. The Bertz CT molecular complexity index is 1220. The Kier molecular flexibility index (Phi) is 3.58.